The van der Waals surface area contributed by atoms with Crippen LogP contribution < -0.4 is 9.80 Å². The van der Waals surface area contributed by atoms with Crippen molar-refractivity contribution in [3.05, 3.63) is 57.6 Å². The number of carboxylic acid groups (broad SMARTS) is 2. The predicted molar refractivity (Wildman–Crippen MR) is 226 cm³/mol. The van der Waals surface area contributed by atoms with E-state index in [1.807, 2.05) is 9.80 Å². The molecule has 0 radical (unpaired) electrons. The number of benzene rings is 2. The van der Waals surface area contributed by atoms with E-state index >= 15 is 4.39 Å². The molecule has 14 nitrogen and oxygen atoms in total. The molecule has 0 aromatic heterocycles. The molecule has 2 amide bonds. The van der Waals surface area contributed by atoms with Crippen LogP contribution in [0.5, 0.6) is 0 Å². The largest absolute Gasteiger partial charge is 0.481 e. The zero-order valence-corrected chi connectivity index (χ0v) is 38.2. The first-order valence-electron chi connectivity index (χ1n) is 21.9. The number of piperidine rings is 2. The fourth-order valence-corrected chi connectivity index (χ4v) is 8.52. The summed E-state index contributed by atoms with van der Waals surface area (Å²) in [6.07, 6.45) is -23.8. The summed E-state index contributed by atoms with van der Waals surface area (Å²) in [6.45, 7) is 5.44. The lowest BCUT2D eigenvalue weighted by atomic mass is 9.95. The Morgan fingerprint density at radius 1 is 0.594 bits per heavy atom. The van der Waals surface area contributed by atoms with Gasteiger partial charge in [-0.1, -0.05) is 29.8 Å². The van der Waals surface area contributed by atoms with Crippen LogP contribution in [0.15, 0.2) is 24.3 Å². The first kappa shape index (κ1) is 54.9. The highest BCUT2D eigenvalue weighted by molar-refractivity contribution is 6.31. The lowest BCUT2D eigenvalue weighted by Crippen LogP contribution is -2.52. The van der Waals surface area contributed by atoms with Crippen LogP contribution in [0.25, 0.3) is 0 Å². The second kappa shape index (κ2) is 22.8. The molecule has 2 aromatic carbocycles. The number of hydrogen-bond acceptors (Lipinski definition) is 10. The average Bonchev–Trinajstić information content (AvgIpc) is 3.28. The summed E-state index contributed by atoms with van der Waals surface area (Å²) >= 11 is 6.01. The Morgan fingerprint density at radius 2 is 0.971 bits per heavy atom. The van der Waals surface area contributed by atoms with Gasteiger partial charge in [0.25, 0.3) is 6.10 Å². The highest BCUT2D eigenvalue weighted by Crippen LogP contribution is 2.38. The predicted octanol–water partition coefficient (Wildman–Crippen LogP) is 8.17. The number of carboxylic acids is 2. The fraction of sp³-hybridized carbons (Fsp3) is 0.628. The van der Waals surface area contributed by atoms with E-state index in [-0.39, 0.29) is 50.8 Å². The third kappa shape index (κ3) is 14.5. The van der Waals surface area contributed by atoms with Crippen molar-refractivity contribution < 1.29 is 87.2 Å². The van der Waals surface area contributed by atoms with E-state index in [1.165, 1.54) is 11.0 Å². The van der Waals surface area contributed by atoms with Gasteiger partial charge in [-0.15, -0.1) is 0 Å². The normalized spacial score (nSPS) is 19.0. The van der Waals surface area contributed by atoms with E-state index in [0.717, 1.165) is 11.8 Å². The summed E-state index contributed by atoms with van der Waals surface area (Å²) in [5, 5.41) is 18.4. The SMILES string of the molecule is CC(OC(=O)N1CCN(Cc2ccc(Cl)c(F)c2N2CCC(C(=O)O)CC2)CC1)C(F)(F)F.Cc1ccc(CN2CCN(C(=O)OC(C(F)(F)F)C(F)(F)F)CC2)c(N2CCC(C(=O)O)CC2)c1F. The van der Waals surface area contributed by atoms with Crippen molar-refractivity contribution in [2.75, 3.05) is 88.3 Å². The number of rotatable bonds is 10. The summed E-state index contributed by atoms with van der Waals surface area (Å²) in [6, 6.07) is 6.51. The van der Waals surface area contributed by atoms with Gasteiger partial charge in [0, 0.05) is 91.6 Å². The smallest absolute Gasteiger partial charge is 0.434 e. The quantitative estimate of drug-likeness (QED) is 0.222. The second-order valence-electron chi connectivity index (χ2n) is 17.2. The van der Waals surface area contributed by atoms with E-state index in [2.05, 4.69) is 9.47 Å². The number of aliphatic carboxylic acids is 2. The molecule has 69 heavy (non-hydrogen) atoms. The average molecular weight is 1030 g/mol. The lowest BCUT2D eigenvalue weighted by molar-refractivity contribution is -0.308. The standard InChI is InChI=1S/C22H26F7N3O4.C21H26ClF4N3O4/c1-13-2-3-15(17(16(13)23)31-6-4-14(5-7-31)18(33)34)12-30-8-10-32(11-9-30)20(35)36-19(21(24,25)26)22(27,28)29;1-13(21(24,25)26)33-20(32)29-10-8-27(9-11-29)12-15-2-3-16(22)17(23)18(15)28-6-4-14(5-7-28)19(30)31/h2-3,14,19H,4-12H2,1H3,(H,33,34);2-3,13-14H,4-12H2,1H3,(H,30,31). The van der Waals surface area contributed by atoms with Gasteiger partial charge < -0.3 is 39.3 Å². The zero-order valence-electron chi connectivity index (χ0n) is 37.4. The monoisotopic (exact) mass is 1020 g/mol. The third-order valence-electron chi connectivity index (χ3n) is 12.5. The molecule has 4 heterocycles. The van der Waals surface area contributed by atoms with Crippen LogP contribution in [0, 0.1) is 30.4 Å². The summed E-state index contributed by atoms with van der Waals surface area (Å²) in [5.41, 5.74) is 2.38. The fourth-order valence-electron chi connectivity index (χ4n) is 8.37. The molecule has 2 aromatic rings. The van der Waals surface area contributed by atoms with Crippen LogP contribution in [0.1, 0.15) is 49.3 Å². The number of anilines is 2. The van der Waals surface area contributed by atoms with Crippen LogP contribution >= 0.6 is 11.6 Å². The van der Waals surface area contributed by atoms with Crippen LogP contribution in [0.2, 0.25) is 5.02 Å². The van der Waals surface area contributed by atoms with Gasteiger partial charge in [0.05, 0.1) is 28.2 Å². The number of carbonyl (C=O) groups excluding carboxylic acids is 2. The van der Waals surface area contributed by atoms with E-state index in [1.54, 1.807) is 34.9 Å². The topological polar surface area (TPSA) is 147 Å². The minimum absolute atomic E-state index is 0.0274. The number of carbonyl (C=O) groups is 4. The number of hydrogen-bond donors (Lipinski definition) is 2. The number of amides is 2. The summed E-state index contributed by atoms with van der Waals surface area (Å²) < 4.78 is 152. The van der Waals surface area contributed by atoms with Gasteiger partial charge in [0.15, 0.2) is 11.9 Å². The van der Waals surface area contributed by atoms with Crippen molar-refractivity contribution in [3.63, 3.8) is 0 Å². The highest BCUT2D eigenvalue weighted by atomic mass is 35.5. The molecule has 0 bridgehead atoms. The first-order chi connectivity index (χ1) is 32.1. The van der Waals surface area contributed by atoms with E-state index in [9.17, 15) is 73.3 Å². The van der Waals surface area contributed by atoms with Crippen molar-refractivity contribution in [1.82, 2.24) is 19.6 Å². The Labute approximate surface area is 394 Å². The van der Waals surface area contributed by atoms with Crippen LogP contribution in [-0.4, -0.2) is 163 Å². The van der Waals surface area contributed by atoms with Gasteiger partial charge in [-0.25, -0.2) is 18.4 Å². The Morgan fingerprint density at radius 3 is 1.35 bits per heavy atom. The van der Waals surface area contributed by atoms with Crippen molar-refractivity contribution in [2.24, 2.45) is 11.8 Å². The number of ether oxygens (including phenoxy) is 2. The third-order valence-corrected chi connectivity index (χ3v) is 12.8. The van der Waals surface area contributed by atoms with Crippen LogP contribution in [0.4, 0.5) is 69.3 Å². The molecule has 4 fully saturated rings. The molecule has 6 rings (SSSR count). The van der Waals surface area contributed by atoms with Crippen LogP contribution in [0.3, 0.4) is 0 Å². The molecule has 2 N–H and O–H groups in total. The molecule has 4 aliphatic rings. The molecule has 26 heteroatoms. The minimum atomic E-state index is -5.79. The number of halogens is 12. The van der Waals surface area contributed by atoms with E-state index < -0.39 is 78.3 Å². The van der Waals surface area contributed by atoms with Gasteiger partial charge in [0.2, 0.25) is 0 Å². The number of alkyl halides is 9. The van der Waals surface area contributed by atoms with Gasteiger partial charge >= 0.3 is 42.7 Å². The Balaban J connectivity index is 0.000000258. The maximum absolute atomic E-state index is 15.1. The van der Waals surface area contributed by atoms with Gasteiger partial charge in [-0.2, -0.15) is 39.5 Å². The Hall–Kier alpha value is -5.04. The molecular weight excluding hydrogens is 973 g/mol. The number of aryl methyl sites for hydroxylation is 1. The molecule has 1 unspecified atom stereocenters. The van der Waals surface area contributed by atoms with Crippen molar-refractivity contribution in [2.45, 2.75) is 83.4 Å². The maximum Gasteiger partial charge on any atom is 0.434 e. The molecular formula is C43H52ClF11N6O8. The lowest BCUT2D eigenvalue weighted by Gasteiger charge is -2.37. The summed E-state index contributed by atoms with van der Waals surface area (Å²) in [5.74, 6) is -3.71. The minimum Gasteiger partial charge on any atom is -0.481 e. The van der Waals surface area contributed by atoms with Crippen molar-refractivity contribution in [3.8, 4) is 0 Å². The van der Waals surface area contributed by atoms with E-state index in [4.69, 9.17) is 11.6 Å². The molecule has 0 saturated carbocycles. The molecule has 386 valence electrons. The first-order valence-corrected chi connectivity index (χ1v) is 22.3. The van der Waals surface area contributed by atoms with Gasteiger partial charge in [-0.3, -0.25) is 19.4 Å². The van der Waals surface area contributed by atoms with Gasteiger partial charge in [0.1, 0.15) is 5.82 Å². The second-order valence-corrected chi connectivity index (χ2v) is 17.6. The zero-order chi connectivity index (χ0) is 51.2. The van der Waals surface area contributed by atoms with Crippen molar-refractivity contribution in [1.29, 1.82) is 0 Å². The summed E-state index contributed by atoms with van der Waals surface area (Å²) in [4.78, 5) is 55.8. The summed E-state index contributed by atoms with van der Waals surface area (Å²) in [7, 11) is 0. The molecule has 0 aliphatic carbocycles. The maximum atomic E-state index is 15.1. The molecule has 0 spiro atoms. The molecule has 1 atom stereocenters. The Kier molecular flexibility index (Phi) is 18.1. The number of piperazine rings is 2. The molecule has 4 saturated heterocycles. The highest BCUT2D eigenvalue weighted by Gasteiger charge is 2.60. The van der Waals surface area contributed by atoms with E-state index in [0.29, 0.717) is 99.6 Å². The van der Waals surface area contributed by atoms with Gasteiger partial charge in [-0.05, 0) is 62.3 Å². The van der Waals surface area contributed by atoms with Crippen molar-refractivity contribution >= 4 is 47.1 Å². The Bertz CT molecular complexity index is 2110. The number of nitrogens with zero attached hydrogens (tertiary/aromatic N) is 6. The molecule has 4 aliphatic heterocycles. The van der Waals surface area contributed by atoms with Crippen LogP contribution in [-0.2, 0) is 32.2 Å².